The second kappa shape index (κ2) is 5.94. The van der Waals surface area contributed by atoms with Crippen molar-refractivity contribution in [2.24, 2.45) is 0 Å². The quantitative estimate of drug-likeness (QED) is 0.826. The van der Waals surface area contributed by atoms with Crippen LogP contribution in [0.5, 0.6) is 5.75 Å². The number of para-hydroxylation sites is 1. The average Bonchev–Trinajstić information content (AvgIpc) is 2.84. The van der Waals surface area contributed by atoms with Crippen LogP contribution in [0.4, 0.5) is 0 Å². The Morgan fingerprint density at radius 1 is 1.42 bits per heavy atom. The molecule has 0 aliphatic carbocycles. The molecular weight excluding hydrogens is 248 g/mol. The number of carbonyl (C=O) groups is 1. The van der Waals surface area contributed by atoms with E-state index < -0.39 is 5.97 Å². The SMILES string of the molecule is COc1ccccc1Cn1nnnc1CCC(=O)O. The Bertz CT molecular complexity index is 568. The maximum absolute atomic E-state index is 10.6. The molecule has 0 aliphatic heterocycles. The van der Waals surface area contributed by atoms with Gasteiger partial charge < -0.3 is 9.84 Å². The topological polar surface area (TPSA) is 90.1 Å². The first-order chi connectivity index (χ1) is 9.20. The van der Waals surface area contributed by atoms with Gasteiger partial charge >= 0.3 is 5.97 Å². The second-order valence-electron chi connectivity index (χ2n) is 3.96. The van der Waals surface area contributed by atoms with Crippen LogP contribution in [0.25, 0.3) is 0 Å². The number of tetrazole rings is 1. The number of aryl methyl sites for hydroxylation is 1. The minimum absolute atomic E-state index is 0.00625. The minimum atomic E-state index is -0.869. The van der Waals surface area contributed by atoms with Crippen molar-refractivity contribution in [1.29, 1.82) is 0 Å². The number of aromatic nitrogens is 4. The summed E-state index contributed by atoms with van der Waals surface area (Å²) >= 11 is 0. The van der Waals surface area contributed by atoms with E-state index in [-0.39, 0.29) is 6.42 Å². The summed E-state index contributed by atoms with van der Waals surface area (Å²) in [6.45, 7) is 0.450. The lowest BCUT2D eigenvalue weighted by Crippen LogP contribution is -2.10. The number of carboxylic acid groups (broad SMARTS) is 1. The van der Waals surface area contributed by atoms with Crippen LogP contribution in [0, 0.1) is 0 Å². The molecule has 1 aromatic heterocycles. The molecule has 1 aromatic carbocycles. The second-order valence-corrected chi connectivity index (χ2v) is 3.96. The minimum Gasteiger partial charge on any atom is -0.496 e. The molecule has 1 heterocycles. The van der Waals surface area contributed by atoms with Crippen molar-refractivity contribution >= 4 is 5.97 Å². The predicted octanol–water partition coefficient (Wildman–Crippen LogP) is 0.747. The Morgan fingerprint density at radius 2 is 2.21 bits per heavy atom. The normalized spacial score (nSPS) is 10.4. The van der Waals surface area contributed by atoms with Crippen molar-refractivity contribution in [2.75, 3.05) is 7.11 Å². The maximum Gasteiger partial charge on any atom is 0.303 e. The molecule has 2 aromatic rings. The Balaban J connectivity index is 2.15. The van der Waals surface area contributed by atoms with E-state index in [0.29, 0.717) is 18.8 Å². The van der Waals surface area contributed by atoms with Crippen molar-refractivity contribution in [3.05, 3.63) is 35.7 Å². The van der Waals surface area contributed by atoms with E-state index in [0.717, 1.165) is 11.3 Å². The molecule has 0 saturated heterocycles. The summed E-state index contributed by atoms with van der Waals surface area (Å²) in [5.74, 6) is 0.433. The van der Waals surface area contributed by atoms with Crippen molar-refractivity contribution in [2.45, 2.75) is 19.4 Å². The summed E-state index contributed by atoms with van der Waals surface area (Å²) in [4.78, 5) is 10.6. The zero-order valence-corrected chi connectivity index (χ0v) is 10.5. The first kappa shape index (κ1) is 13.0. The smallest absolute Gasteiger partial charge is 0.303 e. The zero-order chi connectivity index (χ0) is 13.7. The van der Waals surface area contributed by atoms with Crippen molar-refractivity contribution in [3.63, 3.8) is 0 Å². The molecule has 19 heavy (non-hydrogen) atoms. The highest BCUT2D eigenvalue weighted by molar-refractivity contribution is 5.66. The summed E-state index contributed by atoms with van der Waals surface area (Å²) < 4.78 is 6.84. The van der Waals surface area contributed by atoms with E-state index in [9.17, 15) is 4.79 Å². The number of hydrogen-bond donors (Lipinski definition) is 1. The largest absolute Gasteiger partial charge is 0.496 e. The number of nitrogens with zero attached hydrogens (tertiary/aromatic N) is 4. The van der Waals surface area contributed by atoms with Crippen LogP contribution in [0.2, 0.25) is 0 Å². The van der Waals surface area contributed by atoms with E-state index in [1.807, 2.05) is 24.3 Å². The number of aliphatic carboxylic acids is 1. The number of rotatable bonds is 6. The van der Waals surface area contributed by atoms with Gasteiger partial charge in [0.2, 0.25) is 0 Å². The molecule has 2 rings (SSSR count). The zero-order valence-electron chi connectivity index (χ0n) is 10.5. The molecule has 0 spiro atoms. The summed E-state index contributed by atoms with van der Waals surface area (Å²) in [5.41, 5.74) is 0.939. The molecule has 0 aliphatic rings. The van der Waals surface area contributed by atoms with Gasteiger partial charge in [-0.3, -0.25) is 4.79 Å². The lowest BCUT2D eigenvalue weighted by Gasteiger charge is -2.08. The standard InChI is InChI=1S/C12H14N4O3/c1-19-10-5-3-2-4-9(10)8-16-11(13-14-15-16)6-7-12(17)18/h2-5H,6-8H2,1H3,(H,17,18). The number of methoxy groups -OCH3 is 1. The number of benzene rings is 1. The molecule has 1 N–H and O–H groups in total. The molecular formula is C12H14N4O3. The Hall–Kier alpha value is -2.44. The van der Waals surface area contributed by atoms with Crippen LogP contribution in [-0.4, -0.2) is 38.4 Å². The van der Waals surface area contributed by atoms with Crippen LogP contribution in [0.1, 0.15) is 17.8 Å². The Labute approximate surface area is 109 Å². The fourth-order valence-corrected chi connectivity index (χ4v) is 1.74. The predicted molar refractivity (Wildman–Crippen MR) is 65.9 cm³/mol. The molecule has 7 nitrogen and oxygen atoms in total. The van der Waals surface area contributed by atoms with E-state index in [1.165, 1.54) is 0 Å². The van der Waals surface area contributed by atoms with Crippen LogP contribution < -0.4 is 4.74 Å². The van der Waals surface area contributed by atoms with Gasteiger partial charge in [0.1, 0.15) is 5.75 Å². The summed E-state index contributed by atoms with van der Waals surface area (Å²) in [6, 6.07) is 7.56. The lowest BCUT2D eigenvalue weighted by atomic mass is 10.2. The number of ether oxygens (including phenoxy) is 1. The van der Waals surface area contributed by atoms with Gasteiger partial charge in [0.05, 0.1) is 20.1 Å². The Kier molecular flexibility index (Phi) is 4.07. The molecule has 0 unspecified atom stereocenters. The van der Waals surface area contributed by atoms with Gasteiger partial charge in [0.25, 0.3) is 0 Å². The molecule has 0 radical (unpaired) electrons. The maximum atomic E-state index is 10.6. The molecule has 0 saturated carbocycles. The van der Waals surface area contributed by atoms with Gasteiger partial charge in [-0.15, -0.1) is 5.10 Å². The summed E-state index contributed by atoms with van der Waals surface area (Å²) in [7, 11) is 1.60. The van der Waals surface area contributed by atoms with Crippen molar-refractivity contribution < 1.29 is 14.6 Å². The van der Waals surface area contributed by atoms with Crippen LogP contribution in [0.3, 0.4) is 0 Å². The number of hydrogen-bond acceptors (Lipinski definition) is 5. The highest BCUT2D eigenvalue weighted by Crippen LogP contribution is 2.18. The van der Waals surface area contributed by atoms with Crippen LogP contribution in [-0.2, 0) is 17.8 Å². The van der Waals surface area contributed by atoms with E-state index in [4.69, 9.17) is 9.84 Å². The lowest BCUT2D eigenvalue weighted by molar-refractivity contribution is -0.137. The molecule has 0 atom stereocenters. The Morgan fingerprint density at radius 3 is 2.95 bits per heavy atom. The van der Waals surface area contributed by atoms with Gasteiger partial charge in [0.15, 0.2) is 5.82 Å². The molecule has 0 amide bonds. The van der Waals surface area contributed by atoms with Crippen LogP contribution >= 0.6 is 0 Å². The van der Waals surface area contributed by atoms with Gasteiger partial charge in [-0.25, -0.2) is 4.68 Å². The van der Waals surface area contributed by atoms with Crippen molar-refractivity contribution in [3.8, 4) is 5.75 Å². The number of carboxylic acids is 1. The van der Waals surface area contributed by atoms with Gasteiger partial charge in [-0.2, -0.15) is 0 Å². The fourth-order valence-electron chi connectivity index (χ4n) is 1.74. The molecule has 0 bridgehead atoms. The monoisotopic (exact) mass is 262 g/mol. The highest BCUT2D eigenvalue weighted by Gasteiger charge is 2.10. The first-order valence-electron chi connectivity index (χ1n) is 5.79. The van der Waals surface area contributed by atoms with E-state index in [1.54, 1.807) is 11.8 Å². The third-order valence-corrected chi connectivity index (χ3v) is 2.68. The average molecular weight is 262 g/mol. The molecule has 7 heteroatoms. The highest BCUT2D eigenvalue weighted by atomic mass is 16.5. The van der Waals surface area contributed by atoms with Gasteiger partial charge in [0, 0.05) is 12.0 Å². The van der Waals surface area contributed by atoms with Crippen LogP contribution in [0.15, 0.2) is 24.3 Å². The van der Waals surface area contributed by atoms with E-state index >= 15 is 0 Å². The molecule has 100 valence electrons. The molecule has 0 fully saturated rings. The first-order valence-corrected chi connectivity index (χ1v) is 5.79. The summed E-state index contributed by atoms with van der Waals surface area (Å²) in [5, 5.41) is 20.0. The third-order valence-electron chi connectivity index (χ3n) is 2.68. The third kappa shape index (κ3) is 3.27. The van der Waals surface area contributed by atoms with E-state index in [2.05, 4.69) is 15.5 Å². The fraction of sp³-hybridized carbons (Fsp3) is 0.333. The van der Waals surface area contributed by atoms with Gasteiger partial charge in [-0.1, -0.05) is 18.2 Å². The van der Waals surface area contributed by atoms with Crippen molar-refractivity contribution in [1.82, 2.24) is 20.2 Å². The van der Waals surface area contributed by atoms with Gasteiger partial charge in [-0.05, 0) is 16.5 Å². The summed E-state index contributed by atoms with van der Waals surface area (Å²) in [6.07, 6.45) is 0.309.